The fourth-order valence-electron chi connectivity index (χ4n) is 1.94. The third-order valence-corrected chi connectivity index (χ3v) is 3.12. The van der Waals surface area contributed by atoms with Gasteiger partial charge in [0.1, 0.15) is 0 Å². The molecule has 0 radical (unpaired) electrons. The van der Waals surface area contributed by atoms with Crippen molar-refractivity contribution in [2.75, 3.05) is 7.11 Å². The van der Waals surface area contributed by atoms with Gasteiger partial charge in [-0.15, -0.1) is 0 Å². The van der Waals surface area contributed by atoms with Crippen LogP contribution in [-0.2, 0) is 16.1 Å². The van der Waals surface area contributed by atoms with Crippen LogP contribution < -0.4 is 0 Å². The highest BCUT2D eigenvalue weighted by Crippen LogP contribution is 2.25. The molecule has 0 aliphatic heterocycles. The fraction of sp³-hybridized carbons (Fsp3) is 0.308. The van der Waals surface area contributed by atoms with Gasteiger partial charge in [0.25, 0.3) is 0 Å². The van der Waals surface area contributed by atoms with E-state index in [9.17, 15) is 4.79 Å². The number of esters is 1. The van der Waals surface area contributed by atoms with E-state index in [1.165, 1.54) is 7.11 Å². The van der Waals surface area contributed by atoms with Gasteiger partial charge in [-0.1, -0.05) is 30.7 Å². The first-order valence-corrected chi connectivity index (χ1v) is 5.82. The number of carbonyl (C=O) groups excluding carboxylic acids is 1. The van der Waals surface area contributed by atoms with E-state index < -0.39 is 0 Å². The number of fused-ring (bicyclic) bond motifs is 1. The molecular weight excluding hydrogens is 238 g/mol. The second-order valence-electron chi connectivity index (χ2n) is 4.07. The van der Waals surface area contributed by atoms with Crippen LogP contribution in [0.5, 0.6) is 0 Å². The highest BCUT2D eigenvalue weighted by molar-refractivity contribution is 6.35. The largest absolute Gasteiger partial charge is 0.469 e. The van der Waals surface area contributed by atoms with E-state index in [0.717, 1.165) is 10.9 Å². The molecule has 0 saturated carbocycles. The number of methoxy groups -OCH3 is 1. The minimum atomic E-state index is -0.209. The highest BCUT2D eigenvalue weighted by Gasteiger charge is 2.15. The van der Waals surface area contributed by atoms with Gasteiger partial charge in [0.2, 0.25) is 0 Å². The molecule has 0 N–H and O–H groups in total. The van der Waals surface area contributed by atoms with Crippen molar-refractivity contribution in [2.24, 2.45) is 5.92 Å². The fourth-order valence-corrected chi connectivity index (χ4v) is 2.23. The van der Waals surface area contributed by atoms with Gasteiger partial charge in [0.05, 0.1) is 23.6 Å². The zero-order valence-corrected chi connectivity index (χ0v) is 10.6. The molecule has 2 aromatic rings. The predicted molar refractivity (Wildman–Crippen MR) is 68.1 cm³/mol. The Balaban J connectivity index is 2.34. The monoisotopic (exact) mass is 251 g/mol. The van der Waals surface area contributed by atoms with E-state index in [4.69, 9.17) is 16.3 Å². The van der Waals surface area contributed by atoms with Crippen LogP contribution in [-0.4, -0.2) is 17.6 Å². The topological polar surface area (TPSA) is 31.2 Å². The highest BCUT2D eigenvalue weighted by atomic mass is 35.5. The lowest BCUT2D eigenvalue weighted by molar-refractivity contribution is -0.145. The SMILES string of the molecule is COC(=O)C(C)Cn1ccc2cccc(Cl)c21. The molecule has 1 heterocycles. The van der Waals surface area contributed by atoms with Crippen molar-refractivity contribution < 1.29 is 9.53 Å². The number of rotatable bonds is 3. The molecule has 0 aliphatic carbocycles. The summed E-state index contributed by atoms with van der Waals surface area (Å²) in [5, 5.41) is 1.78. The van der Waals surface area contributed by atoms with Crippen LogP contribution in [0.1, 0.15) is 6.92 Å². The Morgan fingerprint density at radius 2 is 2.24 bits per heavy atom. The van der Waals surface area contributed by atoms with Gasteiger partial charge >= 0.3 is 5.97 Å². The second-order valence-corrected chi connectivity index (χ2v) is 4.48. The summed E-state index contributed by atoms with van der Waals surface area (Å²) in [4.78, 5) is 11.4. The number of halogens is 1. The van der Waals surface area contributed by atoms with Gasteiger partial charge in [-0.25, -0.2) is 0 Å². The first-order valence-electron chi connectivity index (χ1n) is 5.44. The summed E-state index contributed by atoms with van der Waals surface area (Å²) in [7, 11) is 1.40. The van der Waals surface area contributed by atoms with E-state index in [-0.39, 0.29) is 11.9 Å². The summed E-state index contributed by atoms with van der Waals surface area (Å²) < 4.78 is 6.70. The maximum Gasteiger partial charge on any atom is 0.310 e. The molecule has 0 amide bonds. The summed E-state index contributed by atoms with van der Waals surface area (Å²) in [6.07, 6.45) is 1.94. The van der Waals surface area contributed by atoms with E-state index in [2.05, 4.69) is 0 Å². The summed E-state index contributed by atoms with van der Waals surface area (Å²) >= 11 is 6.16. The lowest BCUT2D eigenvalue weighted by atomic mass is 10.2. The Bertz CT molecular complexity index is 547. The minimum absolute atomic E-state index is 0.188. The molecule has 1 aromatic heterocycles. The van der Waals surface area contributed by atoms with Crippen LogP contribution in [0.4, 0.5) is 0 Å². The van der Waals surface area contributed by atoms with Gasteiger partial charge in [0, 0.05) is 18.1 Å². The molecule has 17 heavy (non-hydrogen) atoms. The third-order valence-electron chi connectivity index (χ3n) is 2.81. The van der Waals surface area contributed by atoms with E-state index in [0.29, 0.717) is 11.6 Å². The zero-order valence-electron chi connectivity index (χ0n) is 9.81. The van der Waals surface area contributed by atoms with E-state index in [1.54, 1.807) is 0 Å². The zero-order chi connectivity index (χ0) is 12.4. The molecule has 0 spiro atoms. The Labute approximate surface area is 105 Å². The number of carbonyl (C=O) groups is 1. The normalized spacial score (nSPS) is 12.6. The standard InChI is InChI=1S/C13H14ClNO2/c1-9(13(16)17-2)8-15-7-6-10-4-3-5-11(14)12(10)15/h3-7,9H,8H2,1-2H3. The first kappa shape index (κ1) is 12.0. The Kier molecular flexibility index (Phi) is 3.38. The molecule has 1 unspecified atom stereocenters. The maximum absolute atomic E-state index is 11.4. The van der Waals surface area contributed by atoms with Gasteiger partial charge in [-0.2, -0.15) is 0 Å². The van der Waals surface area contributed by atoms with Gasteiger partial charge in [0.15, 0.2) is 0 Å². The number of nitrogens with zero attached hydrogens (tertiary/aromatic N) is 1. The van der Waals surface area contributed by atoms with Crippen LogP contribution in [0, 0.1) is 5.92 Å². The summed E-state index contributed by atoms with van der Waals surface area (Å²) in [6.45, 7) is 2.41. The van der Waals surface area contributed by atoms with Gasteiger partial charge in [-0.3, -0.25) is 4.79 Å². The number of hydrogen-bond acceptors (Lipinski definition) is 2. The quantitative estimate of drug-likeness (QED) is 0.785. The predicted octanol–water partition coefficient (Wildman–Crippen LogP) is 3.10. The van der Waals surface area contributed by atoms with Crippen LogP contribution in [0.2, 0.25) is 5.02 Å². The molecule has 0 saturated heterocycles. The molecule has 4 heteroatoms. The molecule has 1 atom stereocenters. The number of aromatic nitrogens is 1. The van der Waals surface area contributed by atoms with Crippen molar-refractivity contribution in [3.63, 3.8) is 0 Å². The molecule has 90 valence electrons. The third kappa shape index (κ3) is 2.29. The minimum Gasteiger partial charge on any atom is -0.469 e. The number of ether oxygens (including phenoxy) is 1. The lowest BCUT2D eigenvalue weighted by Crippen LogP contribution is -2.18. The summed E-state index contributed by atoms with van der Waals surface area (Å²) in [6, 6.07) is 7.76. The molecule has 0 fully saturated rings. The first-order chi connectivity index (χ1) is 8.13. The van der Waals surface area contributed by atoms with Crippen molar-refractivity contribution in [3.8, 4) is 0 Å². The average Bonchev–Trinajstić information content (AvgIpc) is 2.72. The van der Waals surface area contributed by atoms with Crippen molar-refractivity contribution >= 4 is 28.5 Å². The molecule has 0 bridgehead atoms. The number of hydrogen-bond donors (Lipinski definition) is 0. The smallest absolute Gasteiger partial charge is 0.310 e. The van der Waals surface area contributed by atoms with Crippen LogP contribution in [0.3, 0.4) is 0 Å². The molecule has 0 aliphatic rings. The molecule has 2 rings (SSSR count). The molecular formula is C13H14ClNO2. The molecule has 1 aromatic carbocycles. The van der Waals surface area contributed by atoms with Crippen LogP contribution in [0.15, 0.2) is 30.5 Å². The van der Waals surface area contributed by atoms with Crippen molar-refractivity contribution in [3.05, 3.63) is 35.5 Å². The summed E-state index contributed by atoms with van der Waals surface area (Å²) in [5.74, 6) is -0.397. The maximum atomic E-state index is 11.4. The Hall–Kier alpha value is -1.48. The second kappa shape index (κ2) is 4.80. The number of para-hydroxylation sites is 1. The van der Waals surface area contributed by atoms with E-state index >= 15 is 0 Å². The van der Waals surface area contributed by atoms with Crippen molar-refractivity contribution in [1.82, 2.24) is 4.57 Å². The van der Waals surface area contributed by atoms with Gasteiger partial charge < -0.3 is 9.30 Å². The van der Waals surface area contributed by atoms with Gasteiger partial charge in [-0.05, 0) is 12.1 Å². The Morgan fingerprint density at radius 1 is 1.47 bits per heavy atom. The average molecular weight is 252 g/mol. The van der Waals surface area contributed by atoms with Crippen molar-refractivity contribution in [1.29, 1.82) is 0 Å². The Morgan fingerprint density at radius 3 is 2.94 bits per heavy atom. The lowest BCUT2D eigenvalue weighted by Gasteiger charge is -2.11. The van der Waals surface area contributed by atoms with Crippen LogP contribution >= 0.6 is 11.6 Å². The van der Waals surface area contributed by atoms with Crippen LogP contribution in [0.25, 0.3) is 10.9 Å². The summed E-state index contributed by atoms with van der Waals surface area (Å²) in [5.41, 5.74) is 0.963. The molecule has 3 nitrogen and oxygen atoms in total. The number of benzene rings is 1. The van der Waals surface area contributed by atoms with E-state index in [1.807, 2.05) is 42.0 Å². The van der Waals surface area contributed by atoms with Crippen molar-refractivity contribution in [2.45, 2.75) is 13.5 Å².